The van der Waals surface area contributed by atoms with Crippen LogP contribution in [-0.4, -0.2) is 37.8 Å². The van der Waals surface area contributed by atoms with Crippen molar-refractivity contribution in [2.45, 2.75) is 39.3 Å². The van der Waals surface area contributed by atoms with Gasteiger partial charge in [-0.3, -0.25) is 21.3 Å². The summed E-state index contributed by atoms with van der Waals surface area (Å²) in [5, 5.41) is 22.9. The van der Waals surface area contributed by atoms with Crippen LogP contribution >= 0.6 is 24.8 Å². The van der Waals surface area contributed by atoms with Crippen molar-refractivity contribution in [3.8, 4) is 0 Å². The number of halogens is 2. The van der Waals surface area contributed by atoms with E-state index in [4.69, 9.17) is 0 Å². The Morgan fingerprint density at radius 3 is 1.10 bits per heavy atom. The second-order valence-electron chi connectivity index (χ2n) is 5.75. The van der Waals surface area contributed by atoms with E-state index in [0.29, 0.717) is 11.8 Å². The minimum absolute atomic E-state index is 0. The first-order valence-corrected chi connectivity index (χ1v) is 6.95. The lowest BCUT2D eigenvalue weighted by molar-refractivity contribution is 0.187. The summed E-state index contributed by atoms with van der Waals surface area (Å²) in [4.78, 5) is 0. The van der Waals surface area contributed by atoms with Gasteiger partial charge in [0.25, 0.3) is 0 Å². The molecule has 0 aromatic rings. The fraction of sp³-hybridized carbons (Fsp3) is 1.00. The summed E-state index contributed by atoms with van der Waals surface area (Å²) in [6, 6.07) is 0. The van der Waals surface area contributed by atoms with Crippen molar-refractivity contribution >= 4 is 24.8 Å². The van der Waals surface area contributed by atoms with E-state index in [9.17, 15) is 0 Å². The van der Waals surface area contributed by atoms with E-state index in [1.807, 2.05) is 0 Å². The summed E-state index contributed by atoms with van der Waals surface area (Å²) in [7, 11) is 0. The SMILES string of the molecule is CC(C)C1(N=NC2(C(C)C)NCCN2)NCCN1.Cl.Cl. The van der Waals surface area contributed by atoms with Crippen molar-refractivity contribution in [2.24, 2.45) is 22.1 Å². The number of nitrogens with zero attached hydrogens (tertiary/aromatic N) is 2. The zero-order chi connectivity index (χ0) is 13.2. The van der Waals surface area contributed by atoms with Crippen molar-refractivity contribution in [3.05, 3.63) is 0 Å². The average molecular weight is 327 g/mol. The van der Waals surface area contributed by atoms with E-state index in [-0.39, 0.29) is 24.8 Å². The van der Waals surface area contributed by atoms with E-state index in [0.717, 1.165) is 26.2 Å². The van der Waals surface area contributed by atoms with Gasteiger partial charge in [-0.25, -0.2) is 0 Å². The largest absolute Gasteiger partial charge is 0.278 e. The molecule has 0 atom stereocenters. The number of nitrogens with one attached hydrogen (secondary N) is 4. The summed E-state index contributed by atoms with van der Waals surface area (Å²) in [5.74, 6) is -0.106. The molecule has 0 spiro atoms. The van der Waals surface area contributed by atoms with Gasteiger partial charge < -0.3 is 0 Å². The number of rotatable bonds is 4. The highest BCUT2D eigenvalue weighted by atomic mass is 35.5. The molecule has 0 radical (unpaired) electrons. The standard InChI is InChI=1S/C12H26N6.2ClH/c1-9(2)11(13-5-6-14-11)17-18-12(10(3)4)15-7-8-16-12;;/h9-10,13-16H,5-8H2,1-4H3;2*1H. The Kier molecular flexibility index (Phi) is 7.87. The predicted octanol–water partition coefficient (Wildman–Crippen LogP) is 1.29. The van der Waals surface area contributed by atoms with Gasteiger partial charge in [0.1, 0.15) is 0 Å². The molecule has 0 bridgehead atoms. The maximum Gasteiger partial charge on any atom is 0.187 e. The summed E-state index contributed by atoms with van der Waals surface area (Å²) < 4.78 is 0. The summed E-state index contributed by atoms with van der Waals surface area (Å²) in [6.45, 7) is 12.4. The molecule has 2 heterocycles. The summed E-state index contributed by atoms with van der Waals surface area (Å²) >= 11 is 0. The first kappa shape index (κ1) is 20.0. The van der Waals surface area contributed by atoms with Crippen LogP contribution in [-0.2, 0) is 0 Å². The maximum atomic E-state index is 4.61. The quantitative estimate of drug-likeness (QED) is 0.587. The zero-order valence-corrected chi connectivity index (χ0v) is 14.3. The lowest BCUT2D eigenvalue weighted by Crippen LogP contribution is -2.55. The van der Waals surface area contributed by atoms with Gasteiger partial charge >= 0.3 is 0 Å². The first-order valence-electron chi connectivity index (χ1n) is 6.95. The molecule has 2 aliphatic heterocycles. The van der Waals surface area contributed by atoms with Gasteiger partial charge in [-0.05, 0) is 0 Å². The van der Waals surface area contributed by atoms with E-state index >= 15 is 0 Å². The number of hydrogen-bond acceptors (Lipinski definition) is 6. The molecule has 0 amide bonds. The highest BCUT2D eigenvalue weighted by Gasteiger charge is 2.41. The van der Waals surface area contributed by atoms with Gasteiger partial charge in [-0.1, -0.05) is 27.7 Å². The molecule has 0 aromatic carbocycles. The van der Waals surface area contributed by atoms with E-state index < -0.39 is 11.6 Å². The van der Waals surface area contributed by atoms with Crippen molar-refractivity contribution in [1.82, 2.24) is 21.3 Å². The lowest BCUT2D eigenvalue weighted by Gasteiger charge is -2.33. The van der Waals surface area contributed by atoms with Crippen LogP contribution < -0.4 is 21.3 Å². The highest BCUT2D eigenvalue weighted by Crippen LogP contribution is 2.24. The molecular weight excluding hydrogens is 299 g/mol. The third kappa shape index (κ3) is 3.81. The van der Waals surface area contributed by atoms with Crippen LogP contribution in [0.3, 0.4) is 0 Å². The molecule has 120 valence electrons. The molecule has 20 heavy (non-hydrogen) atoms. The third-order valence-electron chi connectivity index (χ3n) is 3.86. The van der Waals surface area contributed by atoms with Crippen LogP contribution in [0.4, 0.5) is 0 Å². The van der Waals surface area contributed by atoms with Crippen LogP contribution in [0.25, 0.3) is 0 Å². The molecule has 2 aliphatic rings. The third-order valence-corrected chi connectivity index (χ3v) is 3.86. The molecule has 0 saturated carbocycles. The molecule has 0 aromatic heterocycles. The normalized spacial score (nSPS) is 24.1. The average Bonchev–Trinajstić information content (AvgIpc) is 2.97. The van der Waals surface area contributed by atoms with Crippen LogP contribution in [0, 0.1) is 11.8 Å². The fourth-order valence-electron chi connectivity index (χ4n) is 2.48. The van der Waals surface area contributed by atoms with E-state index in [1.54, 1.807) is 0 Å². The van der Waals surface area contributed by atoms with Gasteiger partial charge in [-0.2, -0.15) is 10.2 Å². The smallest absolute Gasteiger partial charge is 0.187 e. The molecule has 2 saturated heterocycles. The molecule has 2 rings (SSSR count). The van der Waals surface area contributed by atoms with Crippen LogP contribution in [0.1, 0.15) is 27.7 Å². The minimum Gasteiger partial charge on any atom is -0.278 e. The second kappa shape index (κ2) is 7.87. The van der Waals surface area contributed by atoms with Crippen LogP contribution in [0.2, 0.25) is 0 Å². The maximum absolute atomic E-state index is 4.61. The highest BCUT2D eigenvalue weighted by molar-refractivity contribution is 5.85. The van der Waals surface area contributed by atoms with Crippen LogP contribution in [0.15, 0.2) is 10.2 Å². The van der Waals surface area contributed by atoms with Gasteiger partial charge in [0, 0.05) is 38.0 Å². The zero-order valence-electron chi connectivity index (χ0n) is 12.7. The summed E-state index contributed by atoms with van der Waals surface area (Å²) in [6.07, 6.45) is 0. The van der Waals surface area contributed by atoms with E-state index in [1.165, 1.54) is 0 Å². The van der Waals surface area contributed by atoms with Crippen molar-refractivity contribution < 1.29 is 0 Å². The molecule has 4 N–H and O–H groups in total. The predicted molar refractivity (Wildman–Crippen MR) is 86.5 cm³/mol. The molecule has 0 unspecified atom stereocenters. The minimum atomic E-state index is -0.409. The Balaban J connectivity index is 0.00000180. The molecular formula is C12H28Cl2N6. The van der Waals surface area contributed by atoms with Crippen molar-refractivity contribution in [2.75, 3.05) is 26.2 Å². The Morgan fingerprint density at radius 2 is 0.900 bits per heavy atom. The van der Waals surface area contributed by atoms with Crippen molar-refractivity contribution in [3.63, 3.8) is 0 Å². The van der Waals surface area contributed by atoms with Gasteiger partial charge in [-0.15, -0.1) is 24.8 Å². The van der Waals surface area contributed by atoms with Gasteiger partial charge in [0.05, 0.1) is 0 Å². The van der Waals surface area contributed by atoms with Gasteiger partial charge in [0.15, 0.2) is 11.6 Å². The lowest BCUT2D eigenvalue weighted by atomic mass is 10.1. The number of hydrogen-bond donors (Lipinski definition) is 4. The fourth-order valence-corrected chi connectivity index (χ4v) is 2.48. The van der Waals surface area contributed by atoms with Gasteiger partial charge in [0.2, 0.25) is 0 Å². The first-order chi connectivity index (χ1) is 8.51. The Labute approximate surface area is 134 Å². The molecule has 6 nitrogen and oxygen atoms in total. The molecule has 2 fully saturated rings. The van der Waals surface area contributed by atoms with E-state index in [2.05, 4.69) is 59.2 Å². The topological polar surface area (TPSA) is 72.8 Å². The molecule has 0 aliphatic carbocycles. The number of azo groups is 1. The van der Waals surface area contributed by atoms with Crippen molar-refractivity contribution in [1.29, 1.82) is 0 Å². The van der Waals surface area contributed by atoms with Crippen LogP contribution in [0.5, 0.6) is 0 Å². The summed E-state index contributed by atoms with van der Waals surface area (Å²) in [5.41, 5.74) is 0. The Hall–Kier alpha value is 0.0200. The molecule has 8 heteroatoms. The Morgan fingerprint density at radius 1 is 0.650 bits per heavy atom. The second-order valence-corrected chi connectivity index (χ2v) is 5.75. The monoisotopic (exact) mass is 326 g/mol. The Bertz CT molecular complexity index is 279.